The van der Waals surface area contributed by atoms with E-state index in [0.717, 1.165) is 11.1 Å². The van der Waals surface area contributed by atoms with Crippen LogP contribution >= 0.6 is 0 Å². The monoisotopic (exact) mass is 385 g/mol. The molecule has 28 heavy (non-hydrogen) atoms. The van der Waals surface area contributed by atoms with E-state index < -0.39 is 12.0 Å². The molecular formula is C22H27NO5. The zero-order valence-corrected chi connectivity index (χ0v) is 16.7. The molecule has 1 amide bonds. The van der Waals surface area contributed by atoms with Gasteiger partial charge in [-0.25, -0.2) is 0 Å². The van der Waals surface area contributed by atoms with E-state index in [-0.39, 0.29) is 24.7 Å². The summed E-state index contributed by atoms with van der Waals surface area (Å²) >= 11 is 0. The summed E-state index contributed by atoms with van der Waals surface area (Å²) in [5.41, 5.74) is 2.89. The van der Waals surface area contributed by atoms with Crippen LogP contribution in [0, 0.1) is 6.92 Å². The number of nitrogens with one attached hydrogen (secondary N) is 1. The van der Waals surface area contributed by atoms with Crippen LogP contribution in [0.1, 0.15) is 48.4 Å². The van der Waals surface area contributed by atoms with Crippen LogP contribution in [-0.2, 0) is 9.59 Å². The first-order valence-corrected chi connectivity index (χ1v) is 9.14. The summed E-state index contributed by atoms with van der Waals surface area (Å²) in [5.74, 6) is -0.140. The van der Waals surface area contributed by atoms with E-state index in [2.05, 4.69) is 5.32 Å². The van der Waals surface area contributed by atoms with E-state index >= 15 is 0 Å². The van der Waals surface area contributed by atoms with Gasteiger partial charge in [-0.15, -0.1) is 0 Å². The third-order valence-corrected chi connectivity index (χ3v) is 4.73. The van der Waals surface area contributed by atoms with Gasteiger partial charge in [0.05, 0.1) is 26.7 Å². The fourth-order valence-electron chi connectivity index (χ4n) is 3.28. The van der Waals surface area contributed by atoms with Crippen molar-refractivity contribution in [3.8, 4) is 11.5 Å². The highest BCUT2D eigenvalue weighted by molar-refractivity contribution is 5.78. The lowest BCUT2D eigenvalue weighted by Gasteiger charge is -2.21. The number of carboxylic acids is 1. The molecule has 0 aromatic heterocycles. The van der Waals surface area contributed by atoms with Gasteiger partial charge in [0.1, 0.15) is 0 Å². The molecule has 0 aliphatic heterocycles. The number of benzene rings is 2. The Bertz CT molecular complexity index is 833. The summed E-state index contributed by atoms with van der Waals surface area (Å²) in [6.07, 6.45) is 0.0498. The first kappa shape index (κ1) is 21.3. The SMILES string of the molecule is COc1ccc(C(CC(=O)O)NC(=O)CC(C)c2ccccc2C)cc1OC. The maximum Gasteiger partial charge on any atom is 0.305 e. The summed E-state index contributed by atoms with van der Waals surface area (Å²) in [6, 6.07) is 12.4. The first-order valence-electron chi connectivity index (χ1n) is 9.14. The van der Waals surface area contributed by atoms with Crippen molar-refractivity contribution in [2.45, 2.75) is 38.6 Å². The van der Waals surface area contributed by atoms with E-state index in [0.29, 0.717) is 17.1 Å². The Morgan fingerprint density at radius 3 is 2.32 bits per heavy atom. The Hall–Kier alpha value is -3.02. The van der Waals surface area contributed by atoms with Gasteiger partial charge in [0.15, 0.2) is 11.5 Å². The minimum absolute atomic E-state index is 0.0251. The second-order valence-corrected chi connectivity index (χ2v) is 6.79. The minimum atomic E-state index is -0.993. The summed E-state index contributed by atoms with van der Waals surface area (Å²) in [5, 5.41) is 12.1. The van der Waals surface area contributed by atoms with Gasteiger partial charge in [-0.05, 0) is 41.7 Å². The molecule has 0 fully saturated rings. The van der Waals surface area contributed by atoms with Crippen molar-refractivity contribution in [1.29, 1.82) is 0 Å². The van der Waals surface area contributed by atoms with Gasteiger partial charge in [0.2, 0.25) is 5.91 Å². The van der Waals surface area contributed by atoms with Gasteiger partial charge < -0.3 is 19.9 Å². The molecule has 2 aromatic rings. The molecule has 0 heterocycles. The molecule has 2 N–H and O–H groups in total. The first-order chi connectivity index (χ1) is 13.3. The van der Waals surface area contributed by atoms with Crippen molar-refractivity contribution in [3.05, 3.63) is 59.2 Å². The van der Waals surface area contributed by atoms with Gasteiger partial charge in [-0.3, -0.25) is 9.59 Å². The van der Waals surface area contributed by atoms with Crippen LogP contribution < -0.4 is 14.8 Å². The number of aryl methyl sites for hydroxylation is 1. The Morgan fingerprint density at radius 1 is 1.04 bits per heavy atom. The molecule has 6 nitrogen and oxygen atoms in total. The number of carboxylic acid groups (broad SMARTS) is 1. The largest absolute Gasteiger partial charge is 0.493 e. The van der Waals surface area contributed by atoms with E-state index in [1.807, 2.05) is 38.1 Å². The van der Waals surface area contributed by atoms with Crippen molar-refractivity contribution in [3.63, 3.8) is 0 Å². The number of aliphatic carboxylic acids is 1. The minimum Gasteiger partial charge on any atom is -0.493 e. The van der Waals surface area contributed by atoms with E-state index in [1.165, 1.54) is 14.2 Å². The lowest BCUT2D eigenvalue weighted by Crippen LogP contribution is -2.31. The standard InChI is InChI=1S/C22H27NO5/c1-14-7-5-6-8-17(14)15(2)11-21(24)23-18(13-22(25)26)16-9-10-19(27-3)20(12-16)28-4/h5-10,12,15,18H,11,13H2,1-4H3,(H,23,24)(H,25,26). The van der Waals surface area contributed by atoms with Crippen LogP contribution in [0.5, 0.6) is 11.5 Å². The van der Waals surface area contributed by atoms with Gasteiger partial charge in [0.25, 0.3) is 0 Å². The number of ether oxygens (including phenoxy) is 2. The molecule has 0 aliphatic carbocycles. The summed E-state index contributed by atoms with van der Waals surface area (Å²) in [4.78, 5) is 23.9. The molecule has 6 heteroatoms. The van der Waals surface area contributed by atoms with Gasteiger partial charge in [-0.2, -0.15) is 0 Å². The molecule has 2 atom stereocenters. The number of carbonyl (C=O) groups excluding carboxylic acids is 1. The van der Waals surface area contributed by atoms with Gasteiger partial charge in [0, 0.05) is 6.42 Å². The molecule has 0 saturated heterocycles. The Balaban J connectivity index is 2.16. The van der Waals surface area contributed by atoms with Crippen LogP contribution in [-0.4, -0.2) is 31.2 Å². The molecule has 150 valence electrons. The Labute approximate surface area is 165 Å². The molecule has 2 unspecified atom stereocenters. The van der Waals surface area contributed by atoms with Crippen LogP contribution in [0.25, 0.3) is 0 Å². The zero-order valence-electron chi connectivity index (χ0n) is 16.7. The summed E-state index contributed by atoms with van der Waals surface area (Å²) in [7, 11) is 3.04. The molecule has 2 aromatic carbocycles. The van der Waals surface area contributed by atoms with Crippen molar-refractivity contribution < 1.29 is 24.2 Å². The van der Waals surface area contributed by atoms with Gasteiger partial charge >= 0.3 is 5.97 Å². The predicted octanol–water partition coefficient (Wildman–Crippen LogP) is 3.84. The summed E-state index contributed by atoms with van der Waals surface area (Å²) in [6.45, 7) is 4.01. The van der Waals surface area contributed by atoms with Crippen LogP contribution in [0.2, 0.25) is 0 Å². The van der Waals surface area contributed by atoms with E-state index in [4.69, 9.17) is 9.47 Å². The fourth-order valence-corrected chi connectivity index (χ4v) is 3.28. The van der Waals surface area contributed by atoms with Crippen molar-refractivity contribution in [2.75, 3.05) is 14.2 Å². The van der Waals surface area contributed by atoms with Crippen LogP contribution in [0.4, 0.5) is 0 Å². The Morgan fingerprint density at radius 2 is 1.71 bits per heavy atom. The van der Waals surface area contributed by atoms with Crippen molar-refractivity contribution in [1.82, 2.24) is 5.32 Å². The second-order valence-electron chi connectivity index (χ2n) is 6.79. The smallest absolute Gasteiger partial charge is 0.305 e. The molecule has 0 spiro atoms. The number of methoxy groups -OCH3 is 2. The van der Waals surface area contributed by atoms with Crippen molar-refractivity contribution >= 4 is 11.9 Å². The maximum absolute atomic E-state index is 12.6. The van der Waals surface area contributed by atoms with Crippen LogP contribution in [0.15, 0.2) is 42.5 Å². The zero-order chi connectivity index (χ0) is 20.7. The summed E-state index contributed by atoms with van der Waals surface area (Å²) < 4.78 is 10.5. The van der Waals surface area contributed by atoms with Gasteiger partial charge in [-0.1, -0.05) is 37.3 Å². The molecule has 0 aliphatic rings. The quantitative estimate of drug-likeness (QED) is 0.685. The second kappa shape index (κ2) is 9.78. The normalized spacial score (nSPS) is 12.7. The number of rotatable bonds is 9. The molecule has 0 radical (unpaired) electrons. The molecular weight excluding hydrogens is 358 g/mol. The predicted molar refractivity (Wildman–Crippen MR) is 107 cm³/mol. The van der Waals surface area contributed by atoms with E-state index in [1.54, 1.807) is 18.2 Å². The Kier molecular flexibility index (Phi) is 7.44. The molecule has 2 rings (SSSR count). The number of carbonyl (C=O) groups is 2. The third-order valence-electron chi connectivity index (χ3n) is 4.73. The lowest BCUT2D eigenvalue weighted by molar-refractivity contribution is -0.137. The third kappa shape index (κ3) is 5.49. The highest BCUT2D eigenvalue weighted by atomic mass is 16.5. The highest BCUT2D eigenvalue weighted by Crippen LogP contribution is 2.31. The average Bonchev–Trinajstić information content (AvgIpc) is 2.66. The van der Waals surface area contributed by atoms with Crippen LogP contribution in [0.3, 0.4) is 0 Å². The molecule has 0 bridgehead atoms. The fraction of sp³-hybridized carbons (Fsp3) is 0.364. The topological polar surface area (TPSA) is 84.9 Å². The highest BCUT2D eigenvalue weighted by Gasteiger charge is 2.21. The number of amides is 1. The number of hydrogen-bond donors (Lipinski definition) is 2. The lowest BCUT2D eigenvalue weighted by atomic mass is 9.93. The van der Waals surface area contributed by atoms with Crippen molar-refractivity contribution in [2.24, 2.45) is 0 Å². The molecule has 0 saturated carbocycles. The average molecular weight is 385 g/mol. The maximum atomic E-state index is 12.6. The van der Waals surface area contributed by atoms with E-state index in [9.17, 15) is 14.7 Å². The number of hydrogen-bond acceptors (Lipinski definition) is 4.